The molecule has 1 amide bonds. The van der Waals surface area contributed by atoms with Crippen LogP contribution in [0.3, 0.4) is 0 Å². The van der Waals surface area contributed by atoms with Gasteiger partial charge in [-0.15, -0.1) is 6.58 Å². The van der Waals surface area contributed by atoms with Gasteiger partial charge in [-0.3, -0.25) is 4.79 Å². The van der Waals surface area contributed by atoms with Crippen LogP contribution in [0.1, 0.15) is 6.42 Å². The molecule has 0 saturated heterocycles. The molecule has 0 bridgehead atoms. The van der Waals surface area contributed by atoms with Crippen molar-refractivity contribution in [2.45, 2.75) is 6.42 Å². The Labute approximate surface area is 118 Å². The lowest BCUT2D eigenvalue weighted by atomic mass is 10.3. The molecule has 0 spiro atoms. The van der Waals surface area contributed by atoms with Crippen LogP contribution in [0.4, 0.5) is 5.69 Å². The van der Waals surface area contributed by atoms with Crippen molar-refractivity contribution in [1.29, 1.82) is 0 Å². The smallest absolute Gasteiger partial charge is 0.223 e. The van der Waals surface area contributed by atoms with E-state index in [1.54, 1.807) is 23.9 Å². The third-order valence-electron chi connectivity index (χ3n) is 2.31. The maximum atomic E-state index is 11.5. The molecule has 0 radical (unpaired) electrons. The van der Waals surface area contributed by atoms with Crippen molar-refractivity contribution >= 4 is 23.4 Å². The molecule has 5 heteroatoms. The van der Waals surface area contributed by atoms with Crippen LogP contribution in [0.2, 0.25) is 0 Å². The van der Waals surface area contributed by atoms with Crippen molar-refractivity contribution in [1.82, 2.24) is 5.32 Å². The summed E-state index contributed by atoms with van der Waals surface area (Å²) in [7, 11) is 0. The first kappa shape index (κ1) is 15.4. The molecule has 0 heterocycles. The summed E-state index contributed by atoms with van der Waals surface area (Å²) in [4.78, 5) is 11.5. The first-order chi connectivity index (χ1) is 9.24. The fourth-order valence-corrected chi connectivity index (χ4v) is 1.96. The lowest BCUT2D eigenvalue weighted by molar-refractivity contribution is -0.121. The highest BCUT2D eigenvalue weighted by molar-refractivity contribution is 7.99. The predicted octanol–water partition coefficient (Wildman–Crippen LogP) is 2.07. The molecule has 0 aromatic heterocycles. The van der Waals surface area contributed by atoms with E-state index in [0.717, 1.165) is 11.5 Å². The molecular weight excluding hydrogens is 260 g/mol. The number of rotatable bonds is 9. The van der Waals surface area contributed by atoms with Crippen LogP contribution >= 0.6 is 11.8 Å². The Morgan fingerprint density at radius 2 is 2.26 bits per heavy atom. The lowest BCUT2D eigenvalue weighted by Gasteiger charge is -2.08. The third kappa shape index (κ3) is 6.76. The molecule has 0 unspecified atom stereocenters. The number of para-hydroxylation sites is 2. The highest BCUT2D eigenvalue weighted by atomic mass is 32.2. The summed E-state index contributed by atoms with van der Waals surface area (Å²) >= 11 is 1.74. The fraction of sp³-hybridized carbons (Fsp3) is 0.357. The normalized spacial score (nSPS) is 9.89. The quantitative estimate of drug-likeness (QED) is 0.413. The summed E-state index contributed by atoms with van der Waals surface area (Å²) < 4.78 is 5.45. The number of hydrogen-bond acceptors (Lipinski definition) is 4. The average molecular weight is 280 g/mol. The summed E-state index contributed by atoms with van der Waals surface area (Å²) in [6, 6.07) is 7.25. The number of anilines is 1. The highest BCUT2D eigenvalue weighted by Gasteiger charge is 2.02. The van der Waals surface area contributed by atoms with Gasteiger partial charge in [0.2, 0.25) is 5.91 Å². The number of benzene rings is 1. The van der Waals surface area contributed by atoms with E-state index in [1.807, 2.05) is 18.2 Å². The monoisotopic (exact) mass is 280 g/mol. The molecule has 1 aromatic carbocycles. The molecule has 1 rings (SSSR count). The van der Waals surface area contributed by atoms with Crippen molar-refractivity contribution in [2.24, 2.45) is 0 Å². The zero-order chi connectivity index (χ0) is 13.9. The van der Waals surface area contributed by atoms with E-state index in [9.17, 15) is 4.79 Å². The number of carbonyl (C=O) groups excluding carboxylic acids is 1. The summed E-state index contributed by atoms with van der Waals surface area (Å²) in [6.45, 7) is 4.64. The number of ether oxygens (including phenoxy) is 1. The van der Waals surface area contributed by atoms with Gasteiger partial charge in [0.05, 0.1) is 18.7 Å². The predicted molar refractivity (Wildman–Crippen MR) is 81.5 cm³/mol. The Hall–Kier alpha value is -1.62. The van der Waals surface area contributed by atoms with Crippen LogP contribution in [0.25, 0.3) is 0 Å². The van der Waals surface area contributed by atoms with Crippen molar-refractivity contribution in [3.63, 3.8) is 0 Å². The molecule has 3 N–H and O–H groups in total. The molecule has 0 fully saturated rings. The number of nitrogen functional groups attached to an aromatic ring is 1. The first-order valence-corrected chi connectivity index (χ1v) is 7.32. The van der Waals surface area contributed by atoms with E-state index in [0.29, 0.717) is 31.0 Å². The van der Waals surface area contributed by atoms with Gasteiger partial charge in [0.15, 0.2) is 0 Å². The van der Waals surface area contributed by atoms with Gasteiger partial charge in [0.1, 0.15) is 5.75 Å². The Kier molecular flexibility index (Phi) is 7.58. The average Bonchev–Trinajstić information content (AvgIpc) is 2.41. The highest BCUT2D eigenvalue weighted by Crippen LogP contribution is 2.19. The van der Waals surface area contributed by atoms with Gasteiger partial charge in [-0.2, -0.15) is 11.8 Å². The molecule has 0 saturated carbocycles. The van der Waals surface area contributed by atoms with Crippen molar-refractivity contribution in [3.8, 4) is 5.75 Å². The van der Waals surface area contributed by atoms with E-state index in [4.69, 9.17) is 10.5 Å². The van der Waals surface area contributed by atoms with Crippen LogP contribution in [0.15, 0.2) is 36.9 Å². The summed E-state index contributed by atoms with van der Waals surface area (Å²) in [5.74, 6) is 2.42. The standard InChI is InChI=1S/C14H20N2O2S/c1-2-10-19-11-8-16-14(17)7-9-18-13-6-4-3-5-12(13)15/h2-6H,1,7-11,15H2,(H,16,17). The third-order valence-corrected chi connectivity index (χ3v) is 3.27. The van der Waals surface area contributed by atoms with E-state index < -0.39 is 0 Å². The van der Waals surface area contributed by atoms with Gasteiger partial charge < -0.3 is 15.8 Å². The Morgan fingerprint density at radius 1 is 1.47 bits per heavy atom. The van der Waals surface area contributed by atoms with Crippen LogP contribution < -0.4 is 15.8 Å². The number of hydrogen-bond donors (Lipinski definition) is 2. The van der Waals surface area contributed by atoms with Gasteiger partial charge in [-0.1, -0.05) is 18.2 Å². The molecule has 0 aliphatic carbocycles. The molecule has 19 heavy (non-hydrogen) atoms. The molecular formula is C14H20N2O2S. The lowest BCUT2D eigenvalue weighted by Crippen LogP contribution is -2.27. The largest absolute Gasteiger partial charge is 0.491 e. The summed E-state index contributed by atoms with van der Waals surface area (Å²) in [6.07, 6.45) is 2.19. The number of nitrogens with one attached hydrogen (secondary N) is 1. The van der Waals surface area contributed by atoms with Gasteiger partial charge >= 0.3 is 0 Å². The van der Waals surface area contributed by atoms with E-state index in [-0.39, 0.29) is 5.91 Å². The van der Waals surface area contributed by atoms with Crippen LogP contribution in [-0.4, -0.2) is 30.6 Å². The van der Waals surface area contributed by atoms with Crippen LogP contribution in [-0.2, 0) is 4.79 Å². The van der Waals surface area contributed by atoms with Gasteiger partial charge in [0, 0.05) is 18.1 Å². The minimum atomic E-state index is -0.00583. The fourth-order valence-electron chi connectivity index (χ4n) is 1.38. The SMILES string of the molecule is C=CCSCCNC(=O)CCOc1ccccc1N. The van der Waals surface area contributed by atoms with E-state index in [1.165, 1.54) is 0 Å². The molecule has 0 aliphatic heterocycles. The van der Waals surface area contributed by atoms with E-state index >= 15 is 0 Å². The minimum Gasteiger partial charge on any atom is -0.491 e. The number of amides is 1. The molecule has 104 valence electrons. The van der Waals surface area contributed by atoms with Gasteiger partial charge in [0.25, 0.3) is 0 Å². The number of carbonyl (C=O) groups is 1. The minimum absolute atomic E-state index is 0.00583. The summed E-state index contributed by atoms with van der Waals surface area (Å²) in [5.41, 5.74) is 6.31. The molecule has 0 aliphatic rings. The van der Waals surface area contributed by atoms with E-state index in [2.05, 4.69) is 11.9 Å². The second kappa shape index (κ2) is 9.33. The Bertz CT molecular complexity index is 410. The van der Waals surface area contributed by atoms with Crippen molar-refractivity contribution in [3.05, 3.63) is 36.9 Å². The molecule has 1 aromatic rings. The zero-order valence-corrected chi connectivity index (χ0v) is 11.7. The molecule has 0 atom stereocenters. The summed E-state index contributed by atoms with van der Waals surface area (Å²) in [5, 5.41) is 2.84. The topological polar surface area (TPSA) is 64.3 Å². The Balaban J connectivity index is 2.10. The second-order valence-electron chi connectivity index (χ2n) is 3.85. The van der Waals surface area contributed by atoms with Crippen LogP contribution in [0, 0.1) is 0 Å². The number of thioether (sulfide) groups is 1. The van der Waals surface area contributed by atoms with Crippen LogP contribution in [0.5, 0.6) is 5.75 Å². The Morgan fingerprint density at radius 3 is 3.00 bits per heavy atom. The van der Waals surface area contributed by atoms with Gasteiger partial charge in [-0.25, -0.2) is 0 Å². The van der Waals surface area contributed by atoms with Crippen molar-refractivity contribution in [2.75, 3.05) is 30.4 Å². The maximum absolute atomic E-state index is 11.5. The molecule has 4 nitrogen and oxygen atoms in total. The second-order valence-corrected chi connectivity index (χ2v) is 5.00. The number of nitrogens with two attached hydrogens (primary N) is 1. The van der Waals surface area contributed by atoms with Gasteiger partial charge in [-0.05, 0) is 12.1 Å². The van der Waals surface area contributed by atoms with Crippen molar-refractivity contribution < 1.29 is 9.53 Å². The zero-order valence-electron chi connectivity index (χ0n) is 10.9. The first-order valence-electron chi connectivity index (χ1n) is 6.16. The maximum Gasteiger partial charge on any atom is 0.223 e.